The zero-order chi connectivity index (χ0) is 22.3. The van der Waals surface area contributed by atoms with Gasteiger partial charge in [-0.15, -0.1) is 0 Å². The third-order valence-electron chi connectivity index (χ3n) is 5.33. The van der Waals surface area contributed by atoms with Crippen LogP contribution in [0.4, 0.5) is 0 Å². The van der Waals surface area contributed by atoms with E-state index in [4.69, 9.17) is 18.9 Å². The summed E-state index contributed by atoms with van der Waals surface area (Å²) in [7, 11) is 1.65. The fourth-order valence-electron chi connectivity index (χ4n) is 3.81. The number of ether oxygens (including phenoxy) is 4. The third kappa shape index (κ3) is 6.95. The number of aliphatic hydroxyl groups is 1. The molecular weight excluding hydrogens is 380 g/mol. The molecule has 5 nitrogen and oxygen atoms in total. The zero-order valence-electron chi connectivity index (χ0n) is 19.4. The summed E-state index contributed by atoms with van der Waals surface area (Å²) in [6.07, 6.45) is 4.76. The molecule has 0 amide bonds. The van der Waals surface area contributed by atoms with Crippen LogP contribution in [-0.2, 0) is 20.8 Å². The van der Waals surface area contributed by atoms with E-state index in [-0.39, 0.29) is 17.9 Å². The molecule has 1 aromatic rings. The summed E-state index contributed by atoms with van der Waals surface area (Å²) < 4.78 is 23.4. The maximum Gasteiger partial charge on any atom is 0.163 e. The molecule has 1 aliphatic rings. The lowest BCUT2D eigenvalue weighted by atomic mass is 9.92. The molecule has 1 N–H and O–H groups in total. The van der Waals surface area contributed by atoms with Crippen molar-refractivity contribution in [2.45, 2.75) is 72.2 Å². The predicted octanol–water partition coefficient (Wildman–Crippen LogP) is 4.89. The zero-order valence-corrected chi connectivity index (χ0v) is 19.4. The molecule has 5 atom stereocenters. The number of allylic oxidation sites excluding steroid dienone is 3. The number of benzene rings is 1. The lowest BCUT2D eigenvalue weighted by Crippen LogP contribution is -2.40. The highest BCUT2D eigenvalue weighted by molar-refractivity contribution is 5.26. The smallest absolute Gasteiger partial charge is 0.163 e. The van der Waals surface area contributed by atoms with Crippen molar-refractivity contribution < 1.29 is 24.1 Å². The largest absolute Gasteiger partial charge is 0.497 e. The second-order valence-corrected chi connectivity index (χ2v) is 8.65. The minimum Gasteiger partial charge on any atom is -0.497 e. The molecule has 168 valence electrons. The van der Waals surface area contributed by atoms with Crippen LogP contribution in [0.3, 0.4) is 0 Å². The Balaban J connectivity index is 1.99. The molecule has 0 bridgehead atoms. The first-order chi connectivity index (χ1) is 14.2. The van der Waals surface area contributed by atoms with Crippen molar-refractivity contribution in [3.05, 3.63) is 53.6 Å². The summed E-state index contributed by atoms with van der Waals surface area (Å²) in [5.41, 5.74) is 1.98. The molecule has 0 spiro atoms. The fraction of sp³-hybridized carbons (Fsp3) is 0.600. The van der Waals surface area contributed by atoms with Crippen LogP contribution in [0.1, 0.15) is 47.1 Å². The Hall–Kier alpha value is -1.66. The molecule has 1 aromatic carbocycles. The van der Waals surface area contributed by atoms with Gasteiger partial charge in [-0.2, -0.15) is 0 Å². The van der Waals surface area contributed by atoms with Gasteiger partial charge in [-0.25, -0.2) is 0 Å². The van der Waals surface area contributed by atoms with Crippen LogP contribution in [-0.4, -0.2) is 42.9 Å². The topological polar surface area (TPSA) is 57.2 Å². The van der Waals surface area contributed by atoms with E-state index in [1.54, 1.807) is 7.11 Å². The van der Waals surface area contributed by atoms with Crippen molar-refractivity contribution in [1.82, 2.24) is 0 Å². The molecule has 0 aromatic heterocycles. The van der Waals surface area contributed by atoms with Gasteiger partial charge in [0, 0.05) is 5.92 Å². The van der Waals surface area contributed by atoms with Gasteiger partial charge in [0.1, 0.15) is 18.0 Å². The molecule has 2 rings (SSSR count). The summed E-state index contributed by atoms with van der Waals surface area (Å²) in [4.78, 5) is 0. The van der Waals surface area contributed by atoms with Gasteiger partial charge < -0.3 is 24.1 Å². The number of hydrogen-bond acceptors (Lipinski definition) is 5. The summed E-state index contributed by atoms with van der Waals surface area (Å²) in [5, 5.41) is 11.0. The first kappa shape index (κ1) is 24.6. The van der Waals surface area contributed by atoms with Gasteiger partial charge in [0.25, 0.3) is 0 Å². The Morgan fingerprint density at radius 1 is 1.17 bits per heavy atom. The van der Waals surface area contributed by atoms with E-state index in [0.29, 0.717) is 13.2 Å². The highest BCUT2D eigenvalue weighted by Gasteiger charge is 2.47. The minimum atomic E-state index is -0.740. The van der Waals surface area contributed by atoms with Crippen molar-refractivity contribution in [2.75, 3.05) is 13.7 Å². The van der Waals surface area contributed by atoms with Gasteiger partial charge in [-0.05, 0) is 56.9 Å². The first-order valence-corrected chi connectivity index (χ1v) is 10.7. The standard InChI is InChI=1S/C25H38O5/c1-8-9-17(2)14-18(3)22(26)24-23(29-25(5,6)30-24)19(4)15-28-16-20-10-12-21(27-7)13-11-20/h8-14,17,19,22-24,26H,15-16H2,1-7H3/b9-8-,18-14+/t17-,19+,22+,23+,24+/m0/s1. The van der Waals surface area contributed by atoms with E-state index in [9.17, 15) is 5.11 Å². The number of methoxy groups -OCH3 is 1. The van der Waals surface area contributed by atoms with Gasteiger partial charge in [0.05, 0.1) is 26.4 Å². The first-order valence-electron chi connectivity index (χ1n) is 10.7. The van der Waals surface area contributed by atoms with E-state index in [0.717, 1.165) is 16.9 Å². The molecule has 1 aliphatic heterocycles. The molecule has 0 aliphatic carbocycles. The Bertz CT molecular complexity index is 707. The molecule has 0 saturated carbocycles. The Kier molecular flexibility index (Phi) is 9.10. The van der Waals surface area contributed by atoms with E-state index in [1.165, 1.54) is 0 Å². The predicted molar refractivity (Wildman–Crippen MR) is 119 cm³/mol. The Labute approximate surface area is 181 Å². The van der Waals surface area contributed by atoms with Gasteiger partial charge in [-0.1, -0.05) is 44.2 Å². The average molecular weight is 419 g/mol. The van der Waals surface area contributed by atoms with E-state index >= 15 is 0 Å². The monoisotopic (exact) mass is 418 g/mol. The second-order valence-electron chi connectivity index (χ2n) is 8.65. The van der Waals surface area contributed by atoms with Gasteiger partial charge in [0.2, 0.25) is 0 Å². The Morgan fingerprint density at radius 2 is 1.80 bits per heavy atom. The third-order valence-corrected chi connectivity index (χ3v) is 5.33. The number of aliphatic hydroxyl groups excluding tert-OH is 1. The van der Waals surface area contributed by atoms with Crippen molar-refractivity contribution in [3.8, 4) is 5.75 Å². The van der Waals surface area contributed by atoms with Crippen LogP contribution >= 0.6 is 0 Å². The number of rotatable bonds is 10. The van der Waals surface area contributed by atoms with Crippen molar-refractivity contribution in [2.24, 2.45) is 11.8 Å². The highest BCUT2D eigenvalue weighted by atomic mass is 16.8. The average Bonchev–Trinajstić information content (AvgIpc) is 3.03. The molecule has 1 saturated heterocycles. The lowest BCUT2D eigenvalue weighted by molar-refractivity contribution is -0.156. The van der Waals surface area contributed by atoms with Crippen LogP contribution in [0.25, 0.3) is 0 Å². The summed E-state index contributed by atoms with van der Waals surface area (Å²) in [6, 6.07) is 7.84. The molecule has 1 fully saturated rings. The second kappa shape index (κ2) is 11.1. The van der Waals surface area contributed by atoms with E-state index < -0.39 is 18.0 Å². The number of hydrogen-bond donors (Lipinski definition) is 1. The van der Waals surface area contributed by atoms with Gasteiger partial charge in [0.15, 0.2) is 5.79 Å². The molecule has 0 radical (unpaired) electrons. The molecule has 5 heteroatoms. The quantitative estimate of drug-likeness (QED) is 0.549. The summed E-state index contributed by atoms with van der Waals surface area (Å²) >= 11 is 0. The van der Waals surface area contributed by atoms with Crippen LogP contribution in [0, 0.1) is 11.8 Å². The highest BCUT2D eigenvalue weighted by Crippen LogP contribution is 2.35. The lowest BCUT2D eigenvalue weighted by Gasteiger charge is -2.27. The summed E-state index contributed by atoms with van der Waals surface area (Å²) in [5.74, 6) is 0.402. The van der Waals surface area contributed by atoms with E-state index in [2.05, 4.69) is 26.0 Å². The molecule has 1 heterocycles. The van der Waals surface area contributed by atoms with Crippen molar-refractivity contribution in [1.29, 1.82) is 0 Å². The van der Waals surface area contributed by atoms with E-state index in [1.807, 2.05) is 58.0 Å². The van der Waals surface area contributed by atoms with Crippen LogP contribution in [0.15, 0.2) is 48.1 Å². The minimum absolute atomic E-state index is 0.0606. The van der Waals surface area contributed by atoms with Crippen molar-refractivity contribution >= 4 is 0 Å². The van der Waals surface area contributed by atoms with Crippen molar-refractivity contribution in [3.63, 3.8) is 0 Å². The van der Waals surface area contributed by atoms with Crippen LogP contribution < -0.4 is 4.74 Å². The molecular formula is C25H38O5. The van der Waals surface area contributed by atoms with Crippen LogP contribution in [0.5, 0.6) is 5.75 Å². The SMILES string of the molecule is C/C=C\[C@H](C)/C=C(\C)[C@@H](O)[C@H]1OC(C)(C)O[C@@H]1[C@H](C)COCc1ccc(OC)cc1. The normalized spacial score (nSPS) is 24.7. The molecule has 0 unspecified atom stereocenters. The maximum atomic E-state index is 11.0. The molecule has 30 heavy (non-hydrogen) atoms. The maximum absolute atomic E-state index is 11.0. The fourth-order valence-corrected chi connectivity index (χ4v) is 3.81. The Morgan fingerprint density at radius 3 is 2.40 bits per heavy atom. The van der Waals surface area contributed by atoms with Gasteiger partial charge in [-0.3, -0.25) is 0 Å². The van der Waals surface area contributed by atoms with Crippen LogP contribution in [0.2, 0.25) is 0 Å². The summed E-state index contributed by atoms with van der Waals surface area (Å²) in [6.45, 7) is 12.9. The van der Waals surface area contributed by atoms with Gasteiger partial charge >= 0.3 is 0 Å².